The van der Waals surface area contributed by atoms with Crippen molar-refractivity contribution in [2.75, 3.05) is 7.11 Å². The van der Waals surface area contributed by atoms with Gasteiger partial charge in [-0.15, -0.1) is 0 Å². The number of hydrogen-bond acceptors (Lipinski definition) is 5. The smallest absolute Gasteiger partial charge is 0.272 e. The highest BCUT2D eigenvalue weighted by Crippen LogP contribution is 2.25. The first-order valence-electron chi connectivity index (χ1n) is 9.41. The Hall–Kier alpha value is -4.26. The number of nitrogens with zero attached hydrogens (tertiary/aromatic N) is 2. The fourth-order valence-electron chi connectivity index (χ4n) is 3.12. The van der Waals surface area contributed by atoms with E-state index in [0.29, 0.717) is 39.0 Å². The standard InChI is InChI=1S/C24H18FN3O3/c1-31-18-10-11-23(29)16(12-18)14-26-28-24(30)20-13-22(15-6-8-17(25)9-7-15)27-21-5-3-2-4-19(20)21/h2-14,29H,1H3,(H,28,30). The number of nitrogens with one attached hydrogen (secondary N) is 1. The third-order valence-corrected chi connectivity index (χ3v) is 4.71. The van der Waals surface area contributed by atoms with E-state index in [0.717, 1.165) is 0 Å². The largest absolute Gasteiger partial charge is 0.507 e. The number of aromatic nitrogens is 1. The molecule has 0 saturated carbocycles. The zero-order valence-electron chi connectivity index (χ0n) is 16.5. The van der Waals surface area contributed by atoms with Crippen molar-refractivity contribution in [1.82, 2.24) is 10.4 Å². The zero-order chi connectivity index (χ0) is 21.8. The number of hydrogen-bond donors (Lipinski definition) is 2. The normalized spacial score (nSPS) is 11.0. The van der Waals surface area contributed by atoms with Crippen molar-refractivity contribution in [3.8, 4) is 22.8 Å². The van der Waals surface area contributed by atoms with Gasteiger partial charge in [0.25, 0.3) is 5.91 Å². The molecule has 6 nitrogen and oxygen atoms in total. The minimum absolute atomic E-state index is 0.00626. The van der Waals surface area contributed by atoms with Crippen LogP contribution < -0.4 is 10.2 Å². The Labute approximate surface area is 177 Å². The molecule has 0 unspecified atom stereocenters. The lowest BCUT2D eigenvalue weighted by Crippen LogP contribution is -2.18. The summed E-state index contributed by atoms with van der Waals surface area (Å²) in [5.41, 5.74) is 5.10. The summed E-state index contributed by atoms with van der Waals surface area (Å²) in [6, 6.07) is 19.5. The van der Waals surface area contributed by atoms with Crippen LogP contribution in [0.15, 0.2) is 77.9 Å². The van der Waals surface area contributed by atoms with Crippen LogP contribution in [0.5, 0.6) is 11.5 Å². The van der Waals surface area contributed by atoms with Crippen LogP contribution in [0.3, 0.4) is 0 Å². The molecule has 0 radical (unpaired) electrons. The third-order valence-electron chi connectivity index (χ3n) is 4.71. The van der Waals surface area contributed by atoms with E-state index < -0.39 is 5.91 Å². The van der Waals surface area contributed by atoms with Gasteiger partial charge in [-0.05, 0) is 54.6 Å². The number of phenolic OH excluding ortho intramolecular Hbond substituents is 1. The molecule has 0 aliphatic rings. The van der Waals surface area contributed by atoms with Crippen LogP contribution in [0.25, 0.3) is 22.2 Å². The topological polar surface area (TPSA) is 83.8 Å². The first kappa shape index (κ1) is 20.0. The minimum atomic E-state index is -0.444. The quantitative estimate of drug-likeness (QED) is 0.371. The predicted molar refractivity (Wildman–Crippen MR) is 117 cm³/mol. The Morgan fingerprint density at radius 1 is 1.10 bits per heavy atom. The van der Waals surface area contributed by atoms with Crippen LogP contribution >= 0.6 is 0 Å². The number of carbonyl (C=O) groups excluding carboxylic acids is 1. The number of pyridine rings is 1. The molecule has 0 spiro atoms. The number of ether oxygens (including phenoxy) is 1. The second-order valence-electron chi connectivity index (χ2n) is 6.70. The van der Waals surface area contributed by atoms with Gasteiger partial charge in [-0.2, -0.15) is 5.10 Å². The van der Waals surface area contributed by atoms with E-state index in [1.165, 1.54) is 31.5 Å². The van der Waals surface area contributed by atoms with Gasteiger partial charge >= 0.3 is 0 Å². The fraction of sp³-hybridized carbons (Fsp3) is 0.0417. The number of amides is 1. The third kappa shape index (κ3) is 4.35. The first-order chi connectivity index (χ1) is 15.0. The molecule has 0 fully saturated rings. The monoisotopic (exact) mass is 415 g/mol. The minimum Gasteiger partial charge on any atom is -0.507 e. The molecule has 3 aromatic carbocycles. The number of para-hydroxylation sites is 1. The van der Waals surface area contributed by atoms with Crippen LogP contribution in [0.2, 0.25) is 0 Å². The number of halogens is 1. The molecule has 0 bridgehead atoms. The van der Waals surface area contributed by atoms with Crippen LogP contribution in [-0.4, -0.2) is 29.3 Å². The molecule has 1 heterocycles. The average Bonchev–Trinajstić information content (AvgIpc) is 2.80. The van der Waals surface area contributed by atoms with E-state index in [1.54, 1.807) is 42.5 Å². The number of carbonyl (C=O) groups is 1. The zero-order valence-corrected chi connectivity index (χ0v) is 16.5. The molecule has 4 rings (SSSR count). The van der Waals surface area contributed by atoms with Crippen LogP contribution in [0, 0.1) is 5.82 Å². The van der Waals surface area contributed by atoms with E-state index in [1.807, 2.05) is 12.1 Å². The fourth-order valence-corrected chi connectivity index (χ4v) is 3.12. The number of benzene rings is 3. The van der Waals surface area contributed by atoms with E-state index in [9.17, 15) is 14.3 Å². The van der Waals surface area contributed by atoms with Gasteiger partial charge < -0.3 is 9.84 Å². The SMILES string of the molecule is COc1ccc(O)c(C=NNC(=O)c2cc(-c3ccc(F)cc3)nc3ccccc23)c1. The Morgan fingerprint density at radius 3 is 2.65 bits per heavy atom. The number of methoxy groups -OCH3 is 1. The van der Waals surface area contributed by atoms with Crippen molar-refractivity contribution in [3.63, 3.8) is 0 Å². The maximum atomic E-state index is 13.3. The first-order valence-corrected chi connectivity index (χ1v) is 9.41. The summed E-state index contributed by atoms with van der Waals surface area (Å²) in [4.78, 5) is 17.5. The van der Waals surface area contributed by atoms with Gasteiger partial charge in [0, 0.05) is 16.5 Å². The predicted octanol–water partition coefficient (Wildman–Crippen LogP) is 4.52. The van der Waals surface area contributed by atoms with Gasteiger partial charge in [0.15, 0.2) is 0 Å². The highest BCUT2D eigenvalue weighted by atomic mass is 19.1. The van der Waals surface area contributed by atoms with Gasteiger partial charge in [-0.1, -0.05) is 18.2 Å². The Kier molecular flexibility index (Phi) is 5.57. The van der Waals surface area contributed by atoms with Gasteiger partial charge in [0.1, 0.15) is 17.3 Å². The molecule has 7 heteroatoms. The molecule has 1 aromatic heterocycles. The summed E-state index contributed by atoms with van der Waals surface area (Å²) >= 11 is 0. The van der Waals surface area contributed by atoms with Gasteiger partial charge in [0.2, 0.25) is 0 Å². The molecule has 0 aliphatic carbocycles. The van der Waals surface area contributed by atoms with Gasteiger partial charge in [-0.25, -0.2) is 14.8 Å². The highest BCUT2D eigenvalue weighted by Gasteiger charge is 2.14. The summed E-state index contributed by atoms with van der Waals surface area (Å²) in [5.74, 6) is -0.236. The van der Waals surface area contributed by atoms with E-state index >= 15 is 0 Å². The Balaban J connectivity index is 1.66. The highest BCUT2D eigenvalue weighted by molar-refractivity contribution is 6.07. The molecule has 154 valence electrons. The van der Waals surface area contributed by atoms with E-state index in [2.05, 4.69) is 15.5 Å². The molecule has 1 amide bonds. The summed E-state index contributed by atoms with van der Waals surface area (Å²) in [6.07, 6.45) is 1.33. The van der Waals surface area contributed by atoms with Crippen molar-refractivity contribution in [1.29, 1.82) is 0 Å². The van der Waals surface area contributed by atoms with Crippen LogP contribution in [-0.2, 0) is 0 Å². The summed E-state index contributed by atoms with van der Waals surface area (Å²) < 4.78 is 18.4. The summed E-state index contributed by atoms with van der Waals surface area (Å²) in [6.45, 7) is 0. The van der Waals surface area contributed by atoms with E-state index in [-0.39, 0.29) is 11.6 Å². The van der Waals surface area contributed by atoms with Crippen molar-refractivity contribution in [2.24, 2.45) is 5.10 Å². The van der Waals surface area contributed by atoms with Crippen LogP contribution in [0.1, 0.15) is 15.9 Å². The molecule has 0 aliphatic heterocycles. The lowest BCUT2D eigenvalue weighted by atomic mass is 10.0. The summed E-state index contributed by atoms with van der Waals surface area (Å²) in [7, 11) is 1.52. The van der Waals surface area contributed by atoms with Crippen molar-refractivity contribution >= 4 is 23.0 Å². The van der Waals surface area contributed by atoms with Crippen molar-refractivity contribution in [2.45, 2.75) is 0 Å². The maximum Gasteiger partial charge on any atom is 0.272 e. The van der Waals surface area contributed by atoms with Gasteiger partial charge in [-0.3, -0.25) is 4.79 Å². The molecule has 0 saturated heterocycles. The molecular weight excluding hydrogens is 397 g/mol. The summed E-state index contributed by atoms with van der Waals surface area (Å²) in [5, 5.41) is 14.6. The second-order valence-corrected chi connectivity index (χ2v) is 6.70. The average molecular weight is 415 g/mol. The number of aromatic hydroxyl groups is 1. The van der Waals surface area contributed by atoms with Gasteiger partial charge in [0.05, 0.1) is 30.1 Å². The number of hydrazone groups is 1. The Morgan fingerprint density at radius 2 is 1.87 bits per heavy atom. The number of rotatable bonds is 5. The lowest BCUT2D eigenvalue weighted by Gasteiger charge is -2.09. The molecule has 0 atom stereocenters. The maximum absolute atomic E-state index is 13.3. The van der Waals surface area contributed by atoms with Crippen molar-refractivity contribution < 1.29 is 19.0 Å². The molecule has 4 aromatic rings. The Bertz CT molecular complexity index is 1290. The van der Waals surface area contributed by atoms with Crippen LogP contribution in [0.4, 0.5) is 4.39 Å². The molecule has 2 N–H and O–H groups in total. The van der Waals surface area contributed by atoms with Crippen molar-refractivity contribution in [3.05, 3.63) is 89.7 Å². The molecule has 31 heavy (non-hydrogen) atoms. The number of fused-ring (bicyclic) bond motifs is 1. The molecular formula is C24H18FN3O3. The lowest BCUT2D eigenvalue weighted by molar-refractivity contribution is 0.0956. The second kappa shape index (κ2) is 8.62. The number of phenols is 1. The van der Waals surface area contributed by atoms with E-state index in [4.69, 9.17) is 4.74 Å².